The van der Waals surface area contributed by atoms with E-state index >= 15 is 0 Å². The van der Waals surface area contributed by atoms with E-state index in [1.54, 1.807) is 31.4 Å². The van der Waals surface area contributed by atoms with E-state index < -0.39 is 23.8 Å². The van der Waals surface area contributed by atoms with E-state index in [0.717, 1.165) is 11.6 Å². The third-order valence-electron chi connectivity index (χ3n) is 4.73. The molecule has 6 heteroatoms. The van der Waals surface area contributed by atoms with Gasteiger partial charge in [-0.1, -0.05) is 18.2 Å². The zero-order chi connectivity index (χ0) is 18.7. The van der Waals surface area contributed by atoms with Crippen LogP contribution in [0.25, 0.3) is 0 Å². The van der Waals surface area contributed by atoms with E-state index in [1.165, 1.54) is 12.1 Å². The Morgan fingerprint density at radius 3 is 2.50 bits per heavy atom. The average molecular weight is 361 g/mol. The molecule has 1 aliphatic rings. The number of hydrogen-bond acceptors (Lipinski definition) is 3. The number of carbonyl (C=O) groups is 1. The van der Waals surface area contributed by atoms with Crippen LogP contribution < -0.4 is 5.32 Å². The summed E-state index contributed by atoms with van der Waals surface area (Å²) >= 11 is 0. The highest BCUT2D eigenvalue weighted by Crippen LogP contribution is 2.39. The Kier molecular flexibility index (Phi) is 5.64. The Morgan fingerprint density at radius 2 is 1.92 bits per heavy atom. The zero-order valence-electron chi connectivity index (χ0n) is 14.4. The van der Waals surface area contributed by atoms with Crippen molar-refractivity contribution >= 4 is 5.91 Å². The molecule has 1 amide bonds. The van der Waals surface area contributed by atoms with Crippen molar-refractivity contribution in [2.75, 3.05) is 7.11 Å². The van der Waals surface area contributed by atoms with Gasteiger partial charge in [-0.3, -0.25) is 4.79 Å². The van der Waals surface area contributed by atoms with Gasteiger partial charge in [0.1, 0.15) is 11.6 Å². The zero-order valence-corrected chi connectivity index (χ0v) is 14.4. The highest BCUT2D eigenvalue weighted by atomic mass is 19.1. The van der Waals surface area contributed by atoms with Crippen LogP contribution in [0.2, 0.25) is 0 Å². The molecule has 1 unspecified atom stereocenters. The van der Waals surface area contributed by atoms with Gasteiger partial charge in [0, 0.05) is 24.3 Å². The molecule has 2 N–H and O–H groups in total. The Hall–Kier alpha value is -2.31. The number of nitrogens with one attached hydrogen (secondary N) is 1. The van der Waals surface area contributed by atoms with E-state index in [4.69, 9.17) is 4.74 Å². The number of carbonyl (C=O) groups excluding carboxylic acids is 1. The Labute approximate surface area is 150 Å². The van der Waals surface area contributed by atoms with Gasteiger partial charge in [0.25, 0.3) is 5.91 Å². The molecule has 4 nitrogen and oxygen atoms in total. The summed E-state index contributed by atoms with van der Waals surface area (Å²) in [6, 6.07) is 9.65. The minimum absolute atomic E-state index is 0.0957. The summed E-state index contributed by atoms with van der Waals surface area (Å²) in [4.78, 5) is 12.6. The molecule has 26 heavy (non-hydrogen) atoms. The standard InChI is InChI=1S/C20H21F2NO3/c1-26-11-12-2-4-13(5-3-12)20(25)23-19(14-8-16(24)9-14)17-7-6-15(21)10-18(17)22/h2-7,10,14,16,19,24H,8-9,11H2,1H3,(H,23,25). The first-order valence-corrected chi connectivity index (χ1v) is 8.49. The normalized spacial score (nSPS) is 20.3. The van der Waals surface area contributed by atoms with E-state index in [2.05, 4.69) is 5.32 Å². The smallest absolute Gasteiger partial charge is 0.251 e. The Morgan fingerprint density at radius 1 is 1.23 bits per heavy atom. The molecule has 1 saturated carbocycles. The minimum Gasteiger partial charge on any atom is -0.393 e. The lowest BCUT2D eigenvalue weighted by Gasteiger charge is -2.38. The number of ether oxygens (including phenoxy) is 1. The predicted molar refractivity (Wildman–Crippen MR) is 92.5 cm³/mol. The average Bonchev–Trinajstić information content (AvgIpc) is 2.58. The third kappa shape index (κ3) is 4.08. The third-order valence-corrected chi connectivity index (χ3v) is 4.73. The molecule has 0 aliphatic heterocycles. The summed E-state index contributed by atoms with van der Waals surface area (Å²) in [5, 5.41) is 12.4. The van der Waals surface area contributed by atoms with Crippen LogP contribution in [-0.4, -0.2) is 24.2 Å². The first-order chi connectivity index (χ1) is 12.5. The fourth-order valence-electron chi connectivity index (χ4n) is 3.25. The van der Waals surface area contributed by atoms with Gasteiger partial charge in [-0.05, 0) is 42.5 Å². The quantitative estimate of drug-likeness (QED) is 0.830. The van der Waals surface area contributed by atoms with Crippen LogP contribution in [0.4, 0.5) is 8.78 Å². The predicted octanol–water partition coefficient (Wildman–Crippen LogP) is 3.35. The first kappa shape index (κ1) is 18.5. The van der Waals surface area contributed by atoms with Crippen molar-refractivity contribution in [1.29, 1.82) is 0 Å². The fourth-order valence-corrected chi connectivity index (χ4v) is 3.25. The highest BCUT2D eigenvalue weighted by Gasteiger charge is 2.37. The van der Waals surface area contributed by atoms with Gasteiger partial charge in [0.15, 0.2) is 0 Å². The second kappa shape index (κ2) is 7.93. The molecule has 2 aromatic carbocycles. The number of aliphatic hydroxyl groups excluding tert-OH is 1. The molecule has 2 aromatic rings. The van der Waals surface area contributed by atoms with Crippen LogP contribution in [0.5, 0.6) is 0 Å². The van der Waals surface area contributed by atoms with Crippen LogP contribution in [0.1, 0.15) is 40.4 Å². The SMILES string of the molecule is COCc1ccc(C(=O)NC(c2ccc(F)cc2F)C2CC(O)C2)cc1. The van der Waals surface area contributed by atoms with E-state index in [1.807, 2.05) is 0 Å². The molecule has 1 aliphatic carbocycles. The molecular weight excluding hydrogens is 340 g/mol. The second-order valence-corrected chi connectivity index (χ2v) is 6.63. The van der Waals surface area contributed by atoms with E-state index in [9.17, 15) is 18.7 Å². The van der Waals surface area contributed by atoms with Crippen molar-refractivity contribution < 1.29 is 23.4 Å². The summed E-state index contributed by atoms with van der Waals surface area (Å²) in [6.45, 7) is 0.450. The second-order valence-electron chi connectivity index (χ2n) is 6.63. The van der Waals surface area contributed by atoms with Crippen molar-refractivity contribution in [3.05, 3.63) is 70.8 Å². The summed E-state index contributed by atoms with van der Waals surface area (Å²) in [6.07, 6.45) is 0.486. The van der Waals surface area contributed by atoms with E-state index in [0.29, 0.717) is 25.0 Å². The molecule has 0 saturated heterocycles. The maximum absolute atomic E-state index is 14.2. The van der Waals surface area contributed by atoms with Crippen LogP contribution in [0.3, 0.4) is 0 Å². The minimum atomic E-state index is -0.702. The van der Waals surface area contributed by atoms with Gasteiger partial charge >= 0.3 is 0 Å². The molecule has 1 atom stereocenters. The number of rotatable bonds is 6. The van der Waals surface area contributed by atoms with Crippen LogP contribution in [-0.2, 0) is 11.3 Å². The lowest BCUT2D eigenvalue weighted by molar-refractivity contribution is 0.0229. The topological polar surface area (TPSA) is 58.6 Å². The maximum atomic E-state index is 14.2. The van der Waals surface area contributed by atoms with Crippen LogP contribution in [0.15, 0.2) is 42.5 Å². The monoisotopic (exact) mass is 361 g/mol. The molecule has 3 rings (SSSR count). The van der Waals surface area contributed by atoms with Crippen LogP contribution in [0, 0.1) is 17.6 Å². The number of aliphatic hydroxyl groups is 1. The van der Waals surface area contributed by atoms with Gasteiger partial charge in [0.2, 0.25) is 0 Å². The number of halogens is 2. The molecule has 138 valence electrons. The lowest BCUT2D eigenvalue weighted by Crippen LogP contribution is -2.41. The van der Waals surface area contributed by atoms with Crippen molar-refractivity contribution in [2.45, 2.75) is 31.6 Å². The first-order valence-electron chi connectivity index (χ1n) is 8.49. The van der Waals surface area contributed by atoms with Crippen molar-refractivity contribution in [2.24, 2.45) is 5.92 Å². The Balaban J connectivity index is 1.80. The molecule has 0 spiro atoms. The maximum Gasteiger partial charge on any atom is 0.251 e. The molecule has 0 aromatic heterocycles. The molecule has 0 heterocycles. The van der Waals surface area contributed by atoms with Gasteiger partial charge < -0.3 is 15.2 Å². The van der Waals surface area contributed by atoms with Crippen LogP contribution >= 0.6 is 0 Å². The summed E-state index contributed by atoms with van der Waals surface area (Å²) in [7, 11) is 1.59. The summed E-state index contributed by atoms with van der Waals surface area (Å²) in [5.41, 5.74) is 1.61. The van der Waals surface area contributed by atoms with E-state index in [-0.39, 0.29) is 17.4 Å². The van der Waals surface area contributed by atoms with Gasteiger partial charge in [0.05, 0.1) is 18.8 Å². The molecule has 0 radical (unpaired) electrons. The number of benzene rings is 2. The van der Waals surface area contributed by atoms with Gasteiger partial charge in [-0.25, -0.2) is 8.78 Å². The summed E-state index contributed by atoms with van der Waals surface area (Å²) in [5.74, 6) is -1.81. The van der Waals surface area contributed by atoms with Crippen molar-refractivity contribution in [3.63, 3.8) is 0 Å². The van der Waals surface area contributed by atoms with Gasteiger partial charge in [-0.15, -0.1) is 0 Å². The number of methoxy groups -OCH3 is 1. The Bertz CT molecular complexity index is 773. The van der Waals surface area contributed by atoms with Crippen molar-refractivity contribution in [1.82, 2.24) is 5.32 Å². The summed E-state index contributed by atoms with van der Waals surface area (Å²) < 4.78 is 32.5. The lowest BCUT2D eigenvalue weighted by atomic mass is 9.75. The molecule has 0 bridgehead atoms. The molecule has 1 fully saturated rings. The van der Waals surface area contributed by atoms with Crippen molar-refractivity contribution in [3.8, 4) is 0 Å². The number of amides is 1. The molecular formula is C20H21F2NO3. The fraction of sp³-hybridized carbons (Fsp3) is 0.350. The largest absolute Gasteiger partial charge is 0.393 e. The van der Waals surface area contributed by atoms with Gasteiger partial charge in [-0.2, -0.15) is 0 Å². The number of hydrogen-bond donors (Lipinski definition) is 2. The highest BCUT2D eigenvalue weighted by molar-refractivity contribution is 5.94.